The Bertz CT molecular complexity index is 256. The first-order chi connectivity index (χ1) is 7.59. The molecule has 2 fully saturated rings. The Hall–Kier alpha value is -0.610. The van der Waals surface area contributed by atoms with Crippen molar-refractivity contribution in [3.63, 3.8) is 0 Å². The summed E-state index contributed by atoms with van der Waals surface area (Å²) in [6.45, 7) is 8.52. The average Bonchev–Trinajstić information content (AvgIpc) is 2.24. The van der Waals surface area contributed by atoms with Crippen LogP contribution in [0.3, 0.4) is 0 Å². The number of amides is 1. The molecule has 0 atom stereocenters. The highest BCUT2D eigenvalue weighted by Crippen LogP contribution is 2.25. The third-order valence-corrected chi connectivity index (χ3v) is 3.66. The smallest absolute Gasteiger partial charge is 0.219 e. The third-order valence-electron chi connectivity index (χ3n) is 3.66. The molecule has 4 nitrogen and oxygen atoms in total. The van der Waals surface area contributed by atoms with E-state index in [1.165, 1.54) is 0 Å². The fraction of sp³-hybridized carbons (Fsp3) is 0.917. The van der Waals surface area contributed by atoms with E-state index in [0.717, 1.165) is 45.7 Å². The van der Waals surface area contributed by atoms with Crippen molar-refractivity contribution in [3.8, 4) is 0 Å². The summed E-state index contributed by atoms with van der Waals surface area (Å²) in [5.41, 5.74) is 0.345. The summed E-state index contributed by atoms with van der Waals surface area (Å²) < 4.78 is 5.23. The maximum Gasteiger partial charge on any atom is 0.219 e. The average molecular weight is 226 g/mol. The SMILES string of the molecule is CC(=O)N1CCC(NCC2(C)COC2)CC1. The molecule has 2 aliphatic heterocycles. The van der Waals surface area contributed by atoms with Gasteiger partial charge in [0.25, 0.3) is 0 Å². The molecule has 4 heteroatoms. The van der Waals surface area contributed by atoms with E-state index in [1.807, 2.05) is 4.90 Å². The fourth-order valence-electron chi connectivity index (χ4n) is 2.34. The van der Waals surface area contributed by atoms with Crippen molar-refractivity contribution in [1.29, 1.82) is 0 Å². The number of carbonyl (C=O) groups is 1. The Kier molecular flexibility index (Phi) is 3.50. The van der Waals surface area contributed by atoms with E-state index in [1.54, 1.807) is 6.92 Å². The Balaban J connectivity index is 1.67. The number of rotatable bonds is 3. The maximum absolute atomic E-state index is 11.2. The van der Waals surface area contributed by atoms with Gasteiger partial charge in [-0.25, -0.2) is 0 Å². The minimum Gasteiger partial charge on any atom is -0.380 e. The van der Waals surface area contributed by atoms with Crippen LogP contribution in [0.2, 0.25) is 0 Å². The summed E-state index contributed by atoms with van der Waals surface area (Å²) >= 11 is 0. The van der Waals surface area contributed by atoms with Crippen LogP contribution in [0.1, 0.15) is 26.7 Å². The molecule has 92 valence electrons. The van der Waals surface area contributed by atoms with Gasteiger partial charge in [-0.3, -0.25) is 4.79 Å². The number of ether oxygens (including phenoxy) is 1. The minimum absolute atomic E-state index is 0.206. The molecule has 0 saturated carbocycles. The van der Waals surface area contributed by atoms with E-state index in [0.29, 0.717) is 11.5 Å². The van der Waals surface area contributed by atoms with Crippen LogP contribution in [0, 0.1) is 5.41 Å². The number of nitrogens with zero attached hydrogens (tertiary/aromatic N) is 1. The summed E-state index contributed by atoms with van der Waals surface area (Å²) in [5.74, 6) is 0.206. The number of hydrogen-bond donors (Lipinski definition) is 1. The molecule has 2 aliphatic rings. The van der Waals surface area contributed by atoms with E-state index < -0.39 is 0 Å². The first-order valence-electron chi connectivity index (χ1n) is 6.16. The van der Waals surface area contributed by atoms with Crippen LogP contribution >= 0.6 is 0 Å². The summed E-state index contributed by atoms with van der Waals surface area (Å²) in [6, 6.07) is 0.577. The quantitative estimate of drug-likeness (QED) is 0.767. The van der Waals surface area contributed by atoms with Crippen molar-refractivity contribution in [2.75, 3.05) is 32.8 Å². The predicted octanol–water partition coefficient (Wildman–Crippen LogP) is 0.623. The predicted molar refractivity (Wildman–Crippen MR) is 62.2 cm³/mol. The molecule has 0 aromatic rings. The minimum atomic E-state index is 0.206. The largest absolute Gasteiger partial charge is 0.380 e. The maximum atomic E-state index is 11.2. The lowest BCUT2D eigenvalue weighted by molar-refractivity contribution is -0.130. The highest BCUT2D eigenvalue weighted by atomic mass is 16.5. The van der Waals surface area contributed by atoms with Gasteiger partial charge in [0.2, 0.25) is 5.91 Å². The molecule has 0 bridgehead atoms. The molecule has 2 saturated heterocycles. The number of nitrogens with one attached hydrogen (secondary N) is 1. The Morgan fingerprint density at radius 3 is 2.50 bits per heavy atom. The normalized spacial score (nSPS) is 25.2. The number of hydrogen-bond acceptors (Lipinski definition) is 3. The molecule has 0 aliphatic carbocycles. The lowest BCUT2D eigenvalue weighted by atomic mass is 9.88. The molecule has 16 heavy (non-hydrogen) atoms. The van der Waals surface area contributed by atoms with Gasteiger partial charge in [0, 0.05) is 38.0 Å². The molecule has 1 amide bonds. The van der Waals surface area contributed by atoms with Crippen molar-refractivity contribution >= 4 is 5.91 Å². The van der Waals surface area contributed by atoms with E-state index in [-0.39, 0.29) is 5.91 Å². The van der Waals surface area contributed by atoms with Gasteiger partial charge in [0.05, 0.1) is 13.2 Å². The van der Waals surface area contributed by atoms with Crippen molar-refractivity contribution < 1.29 is 9.53 Å². The van der Waals surface area contributed by atoms with Gasteiger partial charge < -0.3 is 15.0 Å². The fourth-order valence-corrected chi connectivity index (χ4v) is 2.34. The van der Waals surface area contributed by atoms with Gasteiger partial charge in [0.15, 0.2) is 0 Å². The van der Waals surface area contributed by atoms with Crippen molar-refractivity contribution in [2.45, 2.75) is 32.7 Å². The van der Waals surface area contributed by atoms with Crippen molar-refractivity contribution in [1.82, 2.24) is 10.2 Å². The molecule has 0 unspecified atom stereocenters. The lowest BCUT2D eigenvalue weighted by Crippen LogP contribution is -2.52. The number of piperidine rings is 1. The number of likely N-dealkylation sites (tertiary alicyclic amines) is 1. The molecule has 0 aromatic carbocycles. The number of carbonyl (C=O) groups excluding carboxylic acids is 1. The highest BCUT2D eigenvalue weighted by molar-refractivity contribution is 5.73. The molecule has 2 rings (SSSR count). The lowest BCUT2D eigenvalue weighted by Gasteiger charge is -2.40. The van der Waals surface area contributed by atoms with Gasteiger partial charge in [-0.05, 0) is 12.8 Å². The van der Waals surface area contributed by atoms with E-state index in [9.17, 15) is 4.79 Å². The van der Waals surface area contributed by atoms with E-state index in [4.69, 9.17) is 4.74 Å². The van der Waals surface area contributed by atoms with Crippen LogP contribution in [-0.2, 0) is 9.53 Å². The van der Waals surface area contributed by atoms with E-state index in [2.05, 4.69) is 12.2 Å². The zero-order chi connectivity index (χ0) is 11.6. The molecule has 2 heterocycles. The van der Waals surface area contributed by atoms with Crippen LogP contribution in [0.5, 0.6) is 0 Å². The van der Waals surface area contributed by atoms with Crippen LogP contribution in [0.15, 0.2) is 0 Å². The summed E-state index contributed by atoms with van der Waals surface area (Å²) in [7, 11) is 0. The van der Waals surface area contributed by atoms with Gasteiger partial charge >= 0.3 is 0 Å². The second kappa shape index (κ2) is 4.72. The zero-order valence-corrected chi connectivity index (χ0v) is 10.3. The first-order valence-corrected chi connectivity index (χ1v) is 6.16. The Labute approximate surface area is 97.3 Å². The molecule has 0 radical (unpaired) electrons. The standard InChI is InChI=1S/C12H22N2O2/c1-10(15)14-5-3-11(4-6-14)13-7-12(2)8-16-9-12/h11,13H,3-9H2,1-2H3. The van der Waals surface area contributed by atoms with Gasteiger partial charge in [-0.1, -0.05) is 6.92 Å². The molecule has 1 N–H and O–H groups in total. The third kappa shape index (κ3) is 2.74. The van der Waals surface area contributed by atoms with Gasteiger partial charge in [0.1, 0.15) is 0 Å². The Morgan fingerprint density at radius 2 is 2.06 bits per heavy atom. The zero-order valence-electron chi connectivity index (χ0n) is 10.3. The van der Waals surface area contributed by atoms with E-state index >= 15 is 0 Å². The van der Waals surface area contributed by atoms with Crippen LogP contribution in [0.25, 0.3) is 0 Å². The molecule has 0 spiro atoms. The molecule has 0 aromatic heterocycles. The highest BCUT2D eigenvalue weighted by Gasteiger charge is 2.33. The summed E-state index contributed by atoms with van der Waals surface area (Å²) in [5, 5.41) is 3.61. The topological polar surface area (TPSA) is 41.6 Å². The summed E-state index contributed by atoms with van der Waals surface area (Å²) in [4.78, 5) is 13.1. The second-order valence-corrected chi connectivity index (χ2v) is 5.46. The van der Waals surface area contributed by atoms with Crippen LogP contribution in [-0.4, -0.2) is 49.7 Å². The molecular weight excluding hydrogens is 204 g/mol. The second-order valence-electron chi connectivity index (χ2n) is 5.46. The Morgan fingerprint density at radius 1 is 1.44 bits per heavy atom. The summed E-state index contributed by atoms with van der Waals surface area (Å²) in [6.07, 6.45) is 2.16. The van der Waals surface area contributed by atoms with Crippen molar-refractivity contribution in [3.05, 3.63) is 0 Å². The first kappa shape index (κ1) is 11.9. The van der Waals surface area contributed by atoms with Gasteiger partial charge in [-0.2, -0.15) is 0 Å². The van der Waals surface area contributed by atoms with Crippen molar-refractivity contribution in [2.24, 2.45) is 5.41 Å². The van der Waals surface area contributed by atoms with Gasteiger partial charge in [-0.15, -0.1) is 0 Å². The monoisotopic (exact) mass is 226 g/mol. The van der Waals surface area contributed by atoms with Crippen LogP contribution in [0.4, 0.5) is 0 Å². The van der Waals surface area contributed by atoms with Crippen LogP contribution < -0.4 is 5.32 Å². The molecular formula is C12H22N2O2.